The molecule has 4 N–H and O–H groups in total. The van der Waals surface area contributed by atoms with Crippen molar-refractivity contribution in [3.05, 3.63) is 350 Å². The Hall–Kier alpha value is -15.8. The average Bonchev–Trinajstić information content (AvgIpc) is 0.986. The number of hydrogen-bond donors (Lipinski definition) is 4. The van der Waals surface area contributed by atoms with Crippen LogP contribution in [-0.4, -0.2) is 110 Å². The zero-order chi connectivity index (χ0) is 83.4. The summed E-state index contributed by atoms with van der Waals surface area (Å²) in [4.78, 5) is 121. The molecule has 0 aliphatic heterocycles. The Kier molecular flexibility index (Phi) is 21.8. The number of aromatic nitrogens is 19. The lowest BCUT2D eigenvalue weighted by Crippen LogP contribution is -2.33. The third kappa shape index (κ3) is 15.6. The molecular weight excluding hydrogens is 1550 g/mol. The van der Waals surface area contributed by atoms with Crippen LogP contribution < -0.4 is 32.6 Å². The minimum atomic E-state index is -0.631. The molecule has 12 heterocycles. The van der Waals surface area contributed by atoms with Gasteiger partial charge in [-0.2, -0.15) is 20.4 Å². The second-order valence-corrected chi connectivity index (χ2v) is 30.0. The Morgan fingerprint density at radius 3 is 1.13 bits per heavy atom. The fraction of sp³-hybridized carbons (Fsp3) is 0.133. The Morgan fingerprint density at radius 1 is 0.417 bits per heavy atom. The molecule has 0 bridgehead atoms. The van der Waals surface area contributed by atoms with Crippen molar-refractivity contribution in [2.24, 2.45) is 0 Å². The molecule has 18 rings (SSSR count). The van der Waals surface area contributed by atoms with E-state index < -0.39 is 18.1 Å². The maximum Gasteiger partial charge on any atom is 0.267 e. The van der Waals surface area contributed by atoms with Crippen LogP contribution in [0, 0.1) is 77.1 Å². The first-order valence-corrected chi connectivity index (χ1v) is 39.5. The predicted octanol–water partition coefficient (Wildman–Crippen LogP) is 12.4. The van der Waals surface area contributed by atoms with Crippen LogP contribution in [0.25, 0.3) is 66.7 Å². The number of rotatable bonds is 12. The molecule has 0 unspecified atom stereocenters. The molecule has 3 amide bonds. The molecule has 30 heteroatoms. The summed E-state index contributed by atoms with van der Waals surface area (Å²) in [7, 11) is 0. The third-order valence-corrected chi connectivity index (χ3v) is 21.3. The van der Waals surface area contributed by atoms with E-state index in [-0.39, 0.29) is 34.4 Å². The van der Waals surface area contributed by atoms with Crippen molar-refractivity contribution in [2.75, 3.05) is 0 Å². The largest absolute Gasteiger partial charge is 0.342 e. The number of carbonyl (C=O) groups is 3. The van der Waals surface area contributed by atoms with Gasteiger partial charge in [-0.25, -0.2) is 53.4 Å². The summed E-state index contributed by atoms with van der Waals surface area (Å²) in [5.74, 6) is 18.8. The van der Waals surface area contributed by atoms with Crippen LogP contribution in [0.3, 0.4) is 0 Å². The highest BCUT2D eigenvalue weighted by molar-refractivity contribution is 7.12. The second-order valence-electron chi connectivity index (χ2n) is 27.7. The molecule has 0 saturated carbocycles. The van der Waals surface area contributed by atoms with Gasteiger partial charge in [-0.1, -0.05) is 96.5 Å². The fourth-order valence-corrected chi connectivity index (χ4v) is 15.3. The lowest BCUT2D eigenvalue weighted by atomic mass is 10.1. The average molecular weight is 1620 g/mol. The smallest absolute Gasteiger partial charge is 0.267 e. The van der Waals surface area contributed by atoms with E-state index >= 15 is 0 Å². The van der Waals surface area contributed by atoms with E-state index in [0.29, 0.717) is 146 Å². The summed E-state index contributed by atoms with van der Waals surface area (Å²) in [6.45, 7) is 16.5. The number of amides is 3. The first-order valence-electron chi connectivity index (χ1n) is 37.8. The SMILES string of the molecule is Cc1nc(C)c(C#Cc2cccc3nc([C@H](C)NC(=O)c4c(C)nn5cccnc45)n(-c4ccccc4)c(=O)c23)s1.Cc1nn2cccnc2c1C(=O)N[C@@H](C)c1nc2cccc(C#Cc3cn[nH]c3)c2c(=O)n1-c1ccccc1.Cc1nn2cccnc2c1C(=O)N[C@@H](C)c1nc2cccc(C#Cc3ncsc3C)c2c(=O)n1-c1ccccc1. The van der Waals surface area contributed by atoms with Gasteiger partial charge < -0.3 is 16.0 Å². The number of thiazole rings is 2. The highest BCUT2D eigenvalue weighted by Crippen LogP contribution is 2.28. The standard InChI is InChI=1S/C31H25N7O2S.C30H23N7O2S.C29H22N8O2/c1-18-25(41-21(4)33-18)15-14-22-10-8-13-24-27(22)31(40)38(23-11-6-5-7-12-23)28(35-24)20(3)34-30(39)26-19(2)36-37-17-9-16-32-29(26)37;1-18-25(28-31-15-8-16-36(28)35-18)29(38)33-19(2)27-34-24-12-7-9-21(13-14-23-20(3)40-17-32-23)26(24)30(39)37(27)22-10-5-4-6-11-22;1-18-24(27-30-14-7-15-36(27)35-18)28(38)33-19(2)26-34-23-11-6-8-21(13-12-20-16-31-32-17-20)25(23)29(39)37(26)22-9-4-3-5-10-22/h5-13,16-17,20H,1-4H3,(H,34,39);4-12,15-17,19H,1-3H3,(H,33,38);3-11,14-17,19H,1-2H3,(H,31,32)(H,33,38)/t20-;2*19-/m000/s1. The molecule has 12 aromatic heterocycles. The van der Waals surface area contributed by atoms with Gasteiger partial charge in [0.05, 0.1) is 113 Å². The van der Waals surface area contributed by atoms with Gasteiger partial charge in [0, 0.05) is 64.9 Å². The summed E-state index contributed by atoms with van der Waals surface area (Å²) >= 11 is 3.04. The van der Waals surface area contributed by atoms with Crippen molar-refractivity contribution >= 4 is 90.0 Å². The van der Waals surface area contributed by atoms with E-state index in [0.717, 1.165) is 20.5 Å². The van der Waals surface area contributed by atoms with Gasteiger partial charge in [-0.15, -0.1) is 22.7 Å². The molecule has 588 valence electrons. The molecule has 6 aromatic carbocycles. The van der Waals surface area contributed by atoms with Crippen LogP contribution in [0.5, 0.6) is 0 Å². The zero-order valence-corrected chi connectivity index (χ0v) is 67.5. The molecular formula is C90H70N22O6S2. The van der Waals surface area contributed by atoms with Crippen LogP contribution in [-0.2, 0) is 0 Å². The number of carbonyl (C=O) groups excluding carboxylic acids is 3. The number of hydrogen-bond acceptors (Lipinski definition) is 20. The first kappa shape index (κ1) is 78.1. The van der Waals surface area contributed by atoms with Crippen LogP contribution in [0.2, 0.25) is 0 Å². The van der Waals surface area contributed by atoms with E-state index in [2.05, 4.69) is 102 Å². The van der Waals surface area contributed by atoms with Crippen molar-refractivity contribution in [2.45, 2.75) is 80.4 Å². The van der Waals surface area contributed by atoms with Gasteiger partial charge in [0.25, 0.3) is 34.4 Å². The molecule has 0 spiro atoms. The van der Waals surface area contributed by atoms with E-state index in [1.165, 1.54) is 31.8 Å². The fourth-order valence-electron chi connectivity index (χ4n) is 14.0. The molecule has 120 heavy (non-hydrogen) atoms. The molecule has 18 aromatic rings. The lowest BCUT2D eigenvalue weighted by molar-refractivity contribution is 0.0930. The topological polar surface area (TPSA) is 337 Å². The first-order chi connectivity index (χ1) is 58.2. The predicted molar refractivity (Wildman–Crippen MR) is 458 cm³/mol. The molecule has 28 nitrogen and oxygen atoms in total. The van der Waals surface area contributed by atoms with Crippen molar-refractivity contribution in [1.29, 1.82) is 0 Å². The second kappa shape index (κ2) is 33.5. The van der Waals surface area contributed by atoms with Gasteiger partial charge >= 0.3 is 0 Å². The van der Waals surface area contributed by atoms with E-state index in [1.807, 2.05) is 136 Å². The molecule has 0 radical (unpaired) electrons. The van der Waals surface area contributed by atoms with Crippen molar-refractivity contribution < 1.29 is 14.4 Å². The Morgan fingerprint density at radius 2 is 0.792 bits per heavy atom. The van der Waals surface area contributed by atoms with Crippen LogP contribution in [0.15, 0.2) is 233 Å². The number of aromatic amines is 1. The number of nitrogens with one attached hydrogen (secondary N) is 4. The Balaban J connectivity index is 0.000000134. The molecule has 3 atom stereocenters. The number of aryl methyl sites for hydroxylation is 6. The van der Waals surface area contributed by atoms with Crippen molar-refractivity contribution in [3.8, 4) is 52.6 Å². The minimum Gasteiger partial charge on any atom is -0.342 e. The lowest BCUT2D eigenvalue weighted by Gasteiger charge is -2.20. The van der Waals surface area contributed by atoms with Gasteiger partial charge in [-0.05, 0) is 165 Å². The van der Waals surface area contributed by atoms with Gasteiger partial charge in [0.1, 0.15) is 44.7 Å². The highest BCUT2D eigenvalue weighted by atomic mass is 32.1. The third-order valence-electron chi connectivity index (χ3n) is 19.5. The monoisotopic (exact) mass is 1620 g/mol. The van der Waals surface area contributed by atoms with Gasteiger partial charge in [-0.3, -0.25) is 47.6 Å². The summed E-state index contributed by atoms with van der Waals surface area (Å²) in [5.41, 5.74) is 12.3. The molecule has 0 saturated heterocycles. The van der Waals surface area contributed by atoms with Crippen molar-refractivity contribution in [1.82, 2.24) is 109 Å². The minimum absolute atomic E-state index is 0.270. The van der Waals surface area contributed by atoms with E-state index in [1.54, 1.807) is 163 Å². The Labute approximate surface area is 691 Å². The van der Waals surface area contributed by atoms with E-state index in [9.17, 15) is 28.8 Å². The summed E-state index contributed by atoms with van der Waals surface area (Å²) in [6, 6.07) is 47.3. The maximum atomic E-state index is 14.2. The number of nitrogens with zero attached hydrogens (tertiary/aromatic N) is 18. The van der Waals surface area contributed by atoms with Crippen LogP contribution >= 0.6 is 22.7 Å². The number of para-hydroxylation sites is 3. The normalized spacial score (nSPS) is 11.8. The number of benzene rings is 6. The summed E-state index contributed by atoms with van der Waals surface area (Å²) in [6.07, 6.45) is 13.4. The van der Waals surface area contributed by atoms with Crippen LogP contribution in [0.1, 0.15) is 153 Å². The zero-order valence-electron chi connectivity index (χ0n) is 65.8. The molecule has 0 aliphatic rings. The molecule has 0 aliphatic carbocycles. The molecule has 0 fully saturated rings. The maximum absolute atomic E-state index is 14.2. The highest BCUT2D eigenvalue weighted by Gasteiger charge is 2.29. The van der Waals surface area contributed by atoms with Gasteiger partial charge in [0.2, 0.25) is 0 Å². The Bertz CT molecular complexity index is 7480. The van der Waals surface area contributed by atoms with E-state index in [4.69, 9.17) is 15.0 Å². The quantitative estimate of drug-likeness (QED) is 0.0826. The van der Waals surface area contributed by atoms with Gasteiger partial charge in [0.15, 0.2) is 16.9 Å². The van der Waals surface area contributed by atoms with Crippen LogP contribution in [0.4, 0.5) is 0 Å². The summed E-state index contributed by atoms with van der Waals surface area (Å²) in [5, 5.41) is 31.0. The number of H-pyrrole nitrogens is 1. The van der Waals surface area contributed by atoms with Crippen molar-refractivity contribution in [3.63, 3.8) is 0 Å². The summed E-state index contributed by atoms with van der Waals surface area (Å²) < 4.78 is 9.31. The number of fused-ring (bicyclic) bond motifs is 6.